The standard InChI is InChI=1S/C34H41N3O5S2/c1-23-22-43-33(35-23)30-13-7-14-36(30)34(40)28-18-26(19-29(20-28)37-15-8-16-44(37,41)42)31(38)21-27(17-24-9-3-2-4-10-24)32(39)25-11-5-6-12-25/h2-4,9-10,18-20,22,25,27,30,32,39H,5-8,11-17,21H2,1H3/t27-,30-,32-/m1/s1. The number of likely N-dealkylation sites (tertiary alicyclic amines) is 1. The molecule has 3 heterocycles. The Morgan fingerprint density at radius 1 is 1.00 bits per heavy atom. The topological polar surface area (TPSA) is 108 Å². The average molecular weight is 636 g/mol. The molecule has 1 N–H and O–H groups in total. The van der Waals surface area contributed by atoms with Gasteiger partial charge in [0.25, 0.3) is 5.91 Å². The van der Waals surface area contributed by atoms with Crippen LogP contribution in [0.15, 0.2) is 53.9 Å². The molecule has 1 saturated carbocycles. The lowest BCUT2D eigenvalue weighted by Gasteiger charge is -2.28. The van der Waals surface area contributed by atoms with E-state index in [9.17, 15) is 23.1 Å². The number of anilines is 1. The molecular weight excluding hydrogens is 595 g/mol. The van der Waals surface area contributed by atoms with Crippen LogP contribution >= 0.6 is 11.3 Å². The van der Waals surface area contributed by atoms with Gasteiger partial charge in [0.2, 0.25) is 10.0 Å². The van der Waals surface area contributed by atoms with Crippen LogP contribution in [0.25, 0.3) is 0 Å². The van der Waals surface area contributed by atoms with Crippen molar-refractivity contribution in [3.05, 3.63) is 81.3 Å². The summed E-state index contributed by atoms with van der Waals surface area (Å²) < 4.78 is 27.2. The van der Waals surface area contributed by atoms with E-state index in [4.69, 9.17) is 0 Å². The summed E-state index contributed by atoms with van der Waals surface area (Å²) in [6.07, 6.45) is 6.30. The molecule has 2 aliphatic heterocycles. The Morgan fingerprint density at radius 2 is 1.75 bits per heavy atom. The largest absolute Gasteiger partial charge is 0.393 e. The molecule has 10 heteroatoms. The lowest BCUT2D eigenvalue weighted by atomic mass is 9.81. The zero-order chi connectivity index (χ0) is 30.8. The molecule has 234 valence electrons. The number of benzene rings is 2. The van der Waals surface area contributed by atoms with E-state index < -0.39 is 16.1 Å². The summed E-state index contributed by atoms with van der Waals surface area (Å²) in [7, 11) is -3.53. The molecule has 2 aromatic carbocycles. The second kappa shape index (κ2) is 13.1. The van der Waals surface area contributed by atoms with E-state index in [0.717, 1.165) is 54.8 Å². The van der Waals surface area contributed by atoms with Gasteiger partial charge in [0, 0.05) is 41.7 Å². The van der Waals surface area contributed by atoms with Crippen LogP contribution in [-0.4, -0.2) is 60.0 Å². The van der Waals surface area contributed by atoms with E-state index in [1.54, 1.807) is 29.5 Å². The van der Waals surface area contributed by atoms with Gasteiger partial charge in [-0.25, -0.2) is 13.4 Å². The number of ketones is 1. The minimum atomic E-state index is -3.53. The van der Waals surface area contributed by atoms with Crippen LogP contribution in [0.1, 0.15) is 94.4 Å². The maximum absolute atomic E-state index is 14.1. The first kappa shape index (κ1) is 30.9. The fourth-order valence-electron chi connectivity index (χ4n) is 7.20. The van der Waals surface area contributed by atoms with Gasteiger partial charge in [0.05, 0.1) is 23.6 Å². The van der Waals surface area contributed by atoms with Crippen molar-refractivity contribution in [2.24, 2.45) is 11.8 Å². The fraction of sp³-hybridized carbons (Fsp3) is 0.500. The SMILES string of the molecule is Cc1csc([C@H]2CCCN2C(=O)c2cc(C(=O)C[C@@H](Cc3ccccc3)[C@H](O)C3CCCC3)cc(N3CCCS3(=O)=O)c2)n1. The van der Waals surface area contributed by atoms with Gasteiger partial charge in [-0.3, -0.25) is 13.9 Å². The number of hydrogen-bond acceptors (Lipinski definition) is 7. The maximum Gasteiger partial charge on any atom is 0.254 e. The first-order chi connectivity index (χ1) is 21.2. The van der Waals surface area contributed by atoms with Crippen LogP contribution in [0.2, 0.25) is 0 Å². The summed E-state index contributed by atoms with van der Waals surface area (Å²) in [6.45, 7) is 2.83. The Balaban J connectivity index is 1.33. The number of rotatable bonds is 10. The molecule has 0 bridgehead atoms. The number of carbonyl (C=O) groups is 2. The summed E-state index contributed by atoms with van der Waals surface area (Å²) >= 11 is 1.54. The van der Waals surface area contributed by atoms with Crippen molar-refractivity contribution in [3.8, 4) is 0 Å². The third-order valence-corrected chi connectivity index (χ3v) is 12.4. The molecule has 3 aromatic rings. The highest BCUT2D eigenvalue weighted by Gasteiger charge is 2.36. The molecule has 1 aromatic heterocycles. The second-order valence-electron chi connectivity index (χ2n) is 12.6. The Kier molecular flexibility index (Phi) is 9.21. The highest BCUT2D eigenvalue weighted by molar-refractivity contribution is 7.93. The fourth-order valence-corrected chi connectivity index (χ4v) is 9.69. The lowest BCUT2D eigenvalue weighted by molar-refractivity contribution is 0.0456. The number of hydrogen-bond donors (Lipinski definition) is 1. The minimum Gasteiger partial charge on any atom is -0.393 e. The van der Waals surface area contributed by atoms with Gasteiger partial charge in [-0.2, -0.15) is 0 Å². The first-order valence-corrected chi connectivity index (χ1v) is 18.3. The number of aromatic nitrogens is 1. The second-order valence-corrected chi connectivity index (χ2v) is 15.5. The van der Waals surface area contributed by atoms with Gasteiger partial charge in [-0.05, 0) is 81.0 Å². The molecule has 3 aliphatic rings. The summed E-state index contributed by atoms with van der Waals surface area (Å²) in [5.41, 5.74) is 2.96. The molecule has 1 aliphatic carbocycles. The predicted octanol–water partition coefficient (Wildman–Crippen LogP) is 5.95. The van der Waals surface area contributed by atoms with Crippen LogP contribution in [0.4, 0.5) is 5.69 Å². The molecule has 0 radical (unpaired) electrons. The first-order valence-electron chi connectivity index (χ1n) is 15.8. The van der Waals surface area contributed by atoms with Gasteiger partial charge in [0.15, 0.2) is 5.78 Å². The quantitative estimate of drug-likeness (QED) is 0.276. The Labute approximate surface area is 264 Å². The summed E-state index contributed by atoms with van der Waals surface area (Å²) in [5, 5.41) is 14.4. The Bertz CT molecular complexity index is 1600. The van der Waals surface area contributed by atoms with Crippen molar-refractivity contribution >= 4 is 38.7 Å². The van der Waals surface area contributed by atoms with E-state index in [1.165, 1.54) is 4.31 Å². The molecule has 1 amide bonds. The maximum atomic E-state index is 14.1. The van der Waals surface area contributed by atoms with E-state index in [-0.39, 0.29) is 41.7 Å². The van der Waals surface area contributed by atoms with Crippen LogP contribution in [0, 0.1) is 18.8 Å². The zero-order valence-corrected chi connectivity index (χ0v) is 26.9. The molecule has 3 atom stereocenters. The van der Waals surface area contributed by atoms with Crippen molar-refractivity contribution < 1.29 is 23.1 Å². The van der Waals surface area contributed by atoms with E-state index in [0.29, 0.717) is 42.7 Å². The van der Waals surface area contributed by atoms with Gasteiger partial charge in [0.1, 0.15) is 5.01 Å². The summed E-state index contributed by atoms with van der Waals surface area (Å²) in [6, 6.07) is 14.6. The number of aliphatic hydroxyl groups is 1. The molecule has 0 spiro atoms. The zero-order valence-electron chi connectivity index (χ0n) is 25.2. The average Bonchev–Trinajstić information content (AvgIpc) is 3.84. The van der Waals surface area contributed by atoms with Crippen molar-refractivity contribution in [2.75, 3.05) is 23.1 Å². The van der Waals surface area contributed by atoms with Gasteiger partial charge >= 0.3 is 0 Å². The highest BCUT2D eigenvalue weighted by Crippen LogP contribution is 2.37. The Morgan fingerprint density at radius 3 is 2.43 bits per heavy atom. The summed E-state index contributed by atoms with van der Waals surface area (Å²) in [5.74, 6) is -0.499. The third kappa shape index (κ3) is 6.62. The molecule has 8 nitrogen and oxygen atoms in total. The van der Waals surface area contributed by atoms with Gasteiger partial charge in [-0.1, -0.05) is 43.2 Å². The molecule has 2 saturated heterocycles. The number of carbonyl (C=O) groups excluding carboxylic acids is 2. The normalized spacial score (nSPS) is 21.5. The molecule has 3 fully saturated rings. The third-order valence-electron chi connectivity index (χ3n) is 9.46. The van der Waals surface area contributed by atoms with Crippen LogP contribution in [0.5, 0.6) is 0 Å². The molecule has 6 rings (SSSR count). The van der Waals surface area contributed by atoms with Crippen molar-refractivity contribution in [2.45, 2.75) is 76.9 Å². The smallest absolute Gasteiger partial charge is 0.254 e. The highest BCUT2D eigenvalue weighted by atomic mass is 32.2. The number of aliphatic hydroxyl groups excluding tert-OH is 1. The van der Waals surface area contributed by atoms with Crippen LogP contribution in [-0.2, 0) is 16.4 Å². The Hall–Kier alpha value is -3.08. The van der Waals surface area contributed by atoms with Crippen LogP contribution < -0.4 is 4.31 Å². The van der Waals surface area contributed by atoms with Crippen molar-refractivity contribution in [1.82, 2.24) is 9.88 Å². The summed E-state index contributed by atoms with van der Waals surface area (Å²) in [4.78, 5) is 34.6. The predicted molar refractivity (Wildman–Crippen MR) is 173 cm³/mol. The number of sulfonamides is 1. The lowest BCUT2D eigenvalue weighted by Crippen LogP contribution is -2.32. The molecular formula is C34H41N3O5S2. The molecule has 44 heavy (non-hydrogen) atoms. The number of aryl methyl sites for hydroxylation is 1. The van der Waals surface area contributed by atoms with Crippen LogP contribution in [0.3, 0.4) is 0 Å². The van der Waals surface area contributed by atoms with E-state index in [2.05, 4.69) is 4.98 Å². The monoisotopic (exact) mass is 635 g/mol. The molecule has 0 unspecified atom stereocenters. The van der Waals surface area contributed by atoms with Gasteiger partial charge in [-0.15, -0.1) is 11.3 Å². The number of amides is 1. The number of Topliss-reactive ketones (excluding diaryl/α,β-unsaturated/α-hetero) is 1. The number of thiazole rings is 1. The minimum absolute atomic E-state index is 0.0405. The van der Waals surface area contributed by atoms with E-state index >= 15 is 0 Å². The van der Waals surface area contributed by atoms with E-state index in [1.807, 2.05) is 47.5 Å². The van der Waals surface area contributed by atoms with Crippen molar-refractivity contribution in [3.63, 3.8) is 0 Å². The number of nitrogens with zero attached hydrogens (tertiary/aromatic N) is 3. The van der Waals surface area contributed by atoms with Gasteiger partial charge < -0.3 is 10.0 Å². The van der Waals surface area contributed by atoms with Crippen molar-refractivity contribution in [1.29, 1.82) is 0 Å².